The Hall–Kier alpha value is -1.22. The minimum Gasteiger partial charge on any atom is -0.496 e. The molecule has 0 bridgehead atoms. The van der Waals surface area contributed by atoms with Crippen molar-refractivity contribution >= 4 is 5.69 Å². The Labute approximate surface area is 129 Å². The van der Waals surface area contributed by atoms with Gasteiger partial charge in [0.05, 0.1) is 7.11 Å². The lowest BCUT2D eigenvalue weighted by molar-refractivity contribution is 0.407. The van der Waals surface area contributed by atoms with Crippen LogP contribution in [-0.2, 0) is 0 Å². The maximum Gasteiger partial charge on any atom is 0.125 e. The molecule has 1 unspecified atom stereocenters. The van der Waals surface area contributed by atoms with E-state index in [9.17, 15) is 0 Å². The van der Waals surface area contributed by atoms with E-state index in [1.807, 2.05) is 13.0 Å². The van der Waals surface area contributed by atoms with E-state index < -0.39 is 0 Å². The van der Waals surface area contributed by atoms with Crippen LogP contribution in [-0.4, -0.2) is 20.2 Å². The number of benzene rings is 1. The number of nitrogens with zero attached hydrogens (tertiary/aromatic N) is 1. The van der Waals surface area contributed by atoms with Crippen LogP contribution in [0.15, 0.2) is 18.2 Å². The number of anilines is 1. The summed E-state index contributed by atoms with van der Waals surface area (Å²) in [6.45, 7) is 6.60. The average Bonchev–Trinajstić information content (AvgIpc) is 2.72. The molecule has 1 aromatic rings. The fourth-order valence-corrected chi connectivity index (χ4v) is 3.55. The van der Waals surface area contributed by atoms with Crippen LogP contribution in [0, 0.1) is 5.92 Å². The molecule has 118 valence electrons. The van der Waals surface area contributed by atoms with Gasteiger partial charge < -0.3 is 15.4 Å². The molecule has 21 heavy (non-hydrogen) atoms. The number of hydrogen-bond donors (Lipinski definition) is 1. The summed E-state index contributed by atoms with van der Waals surface area (Å²) in [5.41, 5.74) is 8.62. The van der Waals surface area contributed by atoms with Crippen LogP contribution in [0.4, 0.5) is 5.69 Å². The van der Waals surface area contributed by atoms with Gasteiger partial charge in [-0.05, 0) is 44.2 Å². The maximum absolute atomic E-state index is 6.20. The van der Waals surface area contributed by atoms with E-state index in [1.165, 1.54) is 37.8 Å². The molecule has 1 saturated heterocycles. The first-order valence-corrected chi connectivity index (χ1v) is 8.34. The summed E-state index contributed by atoms with van der Waals surface area (Å²) in [4.78, 5) is 2.51. The van der Waals surface area contributed by atoms with Gasteiger partial charge in [-0.3, -0.25) is 0 Å². The van der Waals surface area contributed by atoms with Gasteiger partial charge in [0.15, 0.2) is 0 Å². The minimum absolute atomic E-state index is 0.00848. The molecule has 0 radical (unpaired) electrons. The zero-order chi connectivity index (χ0) is 15.2. The summed E-state index contributed by atoms with van der Waals surface area (Å²) in [7, 11) is 1.73. The summed E-state index contributed by atoms with van der Waals surface area (Å²) in [5.74, 6) is 1.81. The van der Waals surface area contributed by atoms with Gasteiger partial charge in [-0.15, -0.1) is 0 Å². The van der Waals surface area contributed by atoms with Crippen LogP contribution in [0.25, 0.3) is 0 Å². The molecule has 0 aliphatic carbocycles. The van der Waals surface area contributed by atoms with Crippen LogP contribution >= 0.6 is 0 Å². The Morgan fingerprint density at radius 1 is 1.33 bits per heavy atom. The predicted molar refractivity (Wildman–Crippen MR) is 90.1 cm³/mol. The SMILES string of the molecule is CCCC1CCCN(c2cccc(OC)c2[C@H](C)N)CC1. The third-order valence-electron chi connectivity index (χ3n) is 4.60. The molecular formula is C18H30N2O. The first-order chi connectivity index (χ1) is 10.2. The van der Waals surface area contributed by atoms with E-state index in [-0.39, 0.29) is 6.04 Å². The molecule has 3 heteroatoms. The Morgan fingerprint density at radius 3 is 2.81 bits per heavy atom. The topological polar surface area (TPSA) is 38.5 Å². The number of ether oxygens (including phenoxy) is 1. The number of nitrogens with two attached hydrogens (primary N) is 1. The molecule has 0 saturated carbocycles. The largest absolute Gasteiger partial charge is 0.496 e. The molecule has 1 aromatic carbocycles. The zero-order valence-corrected chi connectivity index (χ0v) is 13.8. The van der Waals surface area contributed by atoms with Gasteiger partial charge in [0, 0.05) is 30.4 Å². The maximum atomic E-state index is 6.20. The van der Waals surface area contributed by atoms with E-state index in [1.54, 1.807) is 7.11 Å². The van der Waals surface area contributed by atoms with Crippen molar-refractivity contribution in [2.45, 2.75) is 52.0 Å². The smallest absolute Gasteiger partial charge is 0.125 e. The first-order valence-electron chi connectivity index (χ1n) is 8.34. The van der Waals surface area contributed by atoms with E-state index in [2.05, 4.69) is 24.0 Å². The summed E-state index contributed by atoms with van der Waals surface area (Å²) in [5, 5.41) is 0. The third kappa shape index (κ3) is 3.91. The standard InChI is InChI=1S/C18H30N2O/c1-4-7-15-8-6-12-20(13-11-15)16-9-5-10-17(21-3)18(16)14(2)19/h5,9-10,14-15H,4,6-8,11-13,19H2,1-3H3/t14-,15?/m0/s1. The Balaban J connectivity index is 2.21. The minimum atomic E-state index is -0.00848. The van der Waals surface area contributed by atoms with Gasteiger partial charge in [-0.1, -0.05) is 25.8 Å². The quantitative estimate of drug-likeness (QED) is 0.886. The van der Waals surface area contributed by atoms with E-state index in [0.29, 0.717) is 0 Å². The molecule has 1 heterocycles. The van der Waals surface area contributed by atoms with Crippen molar-refractivity contribution in [2.24, 2.45) is 11.7 Å². The summed E-state index contributed by atoms with van der Waals surface area (Å²) in [6.07, 6.45) is 6.60. The lowest BCUT2D eigenvalue weighted by Gasteiger charge is -2.28. The van der Waals surface area contributed by atoms with Crippen LogP contribution in [0.5, 0.6) is 5.75 Å². The van der Waals surface area contributed by atoms with Crippen molar-refractivity contribution in [1.82, 2.24) is 0 Å². The highest BCUT2D eigenvalue weighted by Crippen LogP contribution is 2.35. The van der Waals surface area contributed by atoms with Crippen molar-refractivity contribution in [3.63, 3.8) is 0 Å². The predicted octanol–water partition coefficient (Wildman–Crippen LogP) is 4.12. The molecular weight excluding hydrogens is 260 g/mol. The number of hydrogen-bond acceptors (Lipinski definition) is 3. The molecule has 0 aromatic heterocycles. The molecule has 2 N–H and O–H groups in total. The Bertz CT molecular complexity index is 445. The van der Waals surface area contributed by atoms with Crippen molar-refractivity contribution in [2.75, 3.05) is 25.1 Å². The Morgan fingerprint density at radius 2 is 2.14 bits per heavy atom. The molecule has 0 amide bonds. The molecule has 1 fully saturated rings. The molecule has 2 atom stereocenters. The van der Waals surface area contributed by atoms with Crippen molar-refractivity contribution in [3.05, 3.63) is 23.8 Å². The number of methoxy groups -OCH3 is 1. The van der Waals surface area contributed by atoms with E-state index in [0.717, 1.165) is 30.3 Å². The van der Waals surface area contributed by atoms with Gasteiger partial charge in [0.2, 0.25) is 0 Å². The highest BCUT2D eigenvalue weighted by molar-refractivity contribution is 5.60. The van der Waals surface area contributed by atoms with Crippen LogP contribution in [0.1, 0.15) is 57.6 Å². The number of rotatable bonds is 5. The highest BCUT2D eigenvalue weighted by atomic mass is 16.5. The van der Waals surface area contributed by atoms with Crippen molar-refractivity contribution < 1.29 is 4.74 Å². The molecule has 0 spiro atoms. The monoisotopic (exact) mass is 290 g/mol. The fraction of sp³-hybridized carbons (Fsp3) is 0.667. The fourth-order valence-electron chi connectivity index (χ4n) is 3.55. The van der Waals surface area contributed by atoms with Gasteiger partial charge >= 0.3 is 0 Å². The van der Waals surface area contributed by atoms with Crippen molar-refractivity contribution in [3.8, 4) is 5.75 Å². The van der Waals surface area contributed by atoms with Gasteiger partial charge in [-0.25, -0.2) is 0 Å². The van der Waals surface area contributed by atoms with Gasteiger partial charge in [0.25, 0.3) is 0 Å². The third-order valence-corrected chi connectivity index (χ3v) is 4.60. The molecule has 1 aliphatic rings. The van der Waals surface area contributed by atoms with E-state index >= 15 is 0 Å². The zero-order valence-electron chi connectivity index (χ0n) is 13.8. The summed E-state index contributed by atoms with van der Waals surface area (Å²) < 4.78 is 5.52. The molecule has 3 nitrogen and oxygen atoms in total. The molecule has 1 aliphatic heterocycles. The van der Waals surface area contributed by atoms with Crippen LogP contribution < -0.4 is 15.4 Å². The molecule has 2 rings (SSSR count). The van der Waals surface area contributed by atoms with Gasteiger partial charge in [-0.2, -0.15) is 0 Å². The second-order valence-electron chi connectivity index (χ2n) is 6.25. The second kappa shape index (κ2) is 7.69. The van der Waals surface area contributed by atoms with Crippen molar-refractivity contribution in [1.29, 1.82) is 0 Å². The lowest BCUT2D eigenvalue weighted by Crippen LogP contribution is -2.26. The highest BCUT2D eigenvalue weighted by Gasteiger charge is 2.21. The van der Waals surface area contributed by atoms with Gasteiger partial charge in [0.1, 0.15) is 5.75 Å². The lowest BCUT2D eigenvalue weighted by atomic mass is 9.96. The Kier molecular flexibility index (Phi) is 5.92. The summed E-state index contributed by atoms with van der Waals surface area (Å²) in [6, 6.07) is 6.28. The van der Waals surface area contributed by atoms with Crippen LogP contribution in [0.3, 0.4) is 0 Å². The normalized spacial score (nSPS) is 21.0. The summed E-state index contributed by atoms with van der Waals surface area (Å²) >= 11 is 0. The van der Waals surface area contributed by atoms with Crippen LogP contribution in [0.2, 0.25) is 0 Å². The second-order valence-corrected chi connectivity index (χ2v) is 6.25. The van der Waals surface area contributed by atoms with E-state index in [4.69, 9.17) is 10.5 Å². The first kappa shape index (κ1) is 16.2. The average molecular weight is 290 g/mol.